The smallest absolute Gasteiger partial charge is 0.140 e. The Kier molecular flexibility index (Phi) is 0.869. The van der Waals surface area contributed by atoms with Crippen molar-refractivity contribution in [3.63, 3.8) is 0 Å². The molecule has 0 aliphatic heterocycles. The van der Waals surface area contributed by atoms with Crippen LogP contribution < -0.4 is 0 Å². The largest absolute Gasteiger partial charge is 0.299 e. The number of ketones is 1. The lowest BCUT2D eigenvalue weighted by Gasteiger charge is -2.35. The molecule has 3 aliphatic carbocycles. The molecule has 0 N–H and O–H groups in total. The molecule has 0 saturated heterocycles. The van der Waals surface area contributed by atoms with Crippen LogP contribution in [0.5, 0.6) is 0 Å². The zero-order valence-corrected chi connectivity index (χ0v) is 6.55. The van der Waals surface area contributed by atoms with Gasteiger partial charge >= 0.3 is 0 Å². The summed E-state index contributed by atoms with van der Waals surface area (Å²) in [7, 11) is 0. The van der Waals surface area contributed by atoms with Gasteiger partial charge in [-0.15, -0.1) is 0 Å². The van der Waals surface area contributed by atoms with Crippen LogP contribution in [0.4, 0.5) is 0 Å². The van der Waals surface area contributed by atoms with E-state index in [0.29, 0.717) is 17.6 Å². The molecule has 1 heteroatoms. The highest BCUT2D eigenvalue weighted by molar-refractivity contribution is 5.92. The predicted molar refractivity (Wildman–Crippen MR) is 42.0 cm³/mol. The molecule has 0 bridgehead atoms. The Morgan fingerprint density at radius 3 is 2.73 bits per heavy atom. The molecule has 11 heavy (non-hydrogen) atoms. The first kappa shape index (κ1) is 5.99. The zero-order chi connectivity index (χ0) is 7.59. The van der Waals surface area contributed by atoms with Crippen molar-refractivity contribution in [1.29, 1.82) is 0 Å². The summed E-state index contributed by atoms with van der Waals surface area (Å²) in [5.74, 6) is 2.91. The molecule has 4 atom stereocenters. The van der Waals surface area contributed by atoms with Crippen molar-refractivity contribution in [2.45, 2.75) is 19.3 Å². The van der Waals surface area contributed by atoms with E-state index in [1.54, 1.807) is 0 Å². The molecule has 1 nitrogen and oxygen atoms in total. The number of hydrogen-bond acceptors (Lipinski definition) is 1. The van der Waals surface area contributed by atoms with Gasteiger partial charge in [0.05, 0.1) is 0 Å². The summed E-state index contributed by atoms with van der Waals surface area (Å²) in [5, 5.41) is 0. The predicted octanol–water partition coefficient (Wildman–Crippen LogP) is 1.79. The van der Waals surface area contributed by atoms with E-state index >= 15 is 0 Å². The summed E-state index contributed by atoms with van der Waals surface area (Å²) in [5.41, 5.74) is 1.37. The van der Waals surface area contributed by atoms with Crippen LogP contribution in [-0.2, 0) is 4.79 Å². The van der Waals surface area contributed by atoms with Crippen molar-refractivity contribution < 1.29 is 4.79 Å². The molecule has 3 fully saturated rings. The Morgan fingerprint density at radius 2 is 1.91 bits per heavy atom. The molecule has 0 aromatic carbocycles. The van der Waals surface area contributed by atoms with Crippen LogP contribution in [0, 0.1) is 23.7 Å². The van der Waals surface area contributed by atoms with E-state index in [2.05, 4.69) is 6.58 Å². The molecule has 3 rings (SSSR count). The number of Topliss-reactive ketones (excluding diaryl/α,β-unsaturated/α-hetero) is 1. The third kappa shape index (κ3) is 0.492. The van der Waals surface area contributed by atoms with Gasteiger partial charge in [0.15, 0.2) is 0 Å². The molecule has 0 radical (unpaired) electrons. The maximum absolute atomic E-state index is 11.4. The minimum Gasteiger partial charge on any atom is -0.299 e. The standard InChI is InChI=1S/C10H12O/c1-5-4-8-9-6(5)2-3-7(9)10(8)11/h6-9H,1-4H2/t6-,7-,8+,9+/m0/s1. The van der Waals surface area contributed by atoms with Gasteiger partial charge in [0.2, 0.25) is 0 Å². The van der Waals surface area contributed by atoms with Gasteiger partial charge in [-0.3, -0.25) is 4.79 Å². The van der Waals surface area contributed by atoms with Crippen molar-refractivity contribution >= 4 is 5.78 Å². The minimum absolute atomic E-state index is 0.417. The van der Waals surface area contributed by atoms with Crippen LogP contribution in [0.15, 0.2) is 12.2 Å². The van der Waals surface area contributed by atoms with E-state index in [1.807, 2.05) is 0 Å². The monoisotopic (exact) mass is 148 g/mol. The number of carbonyl (C=O) groups excluding carboxylic acids is 1. The second kappa shape index (κ2) is 1.60. The second-order valence-corrected chi connectivity index (χ2v) is 4.24. The fraction of sp³-hybridized carbons (Fsp3) is 0.700. The van der Waals surface area contributed by atoms with Gasteiger partial charge in [0.1, 0.15) is 5.78 Å². The highest BCUT2D eigenvalue weighted by atomic mass is 16.1. The fourth-order valence-corrected chi connectivity index (χ4v) is 3.41. The molecule has 0 aromatic heterocycles. The fourth-order valence-electron chi connectivity index (χ4n) is 3.41. The van der Waals surface area contributed by atoms with Crippen LogP contribution in [0.25, 0.3) is 0 Å². The van der Waals surface area contributed by atoms with Crippen LogP contribution in [0.1, 0.15) is 19.3 Å². The van der Waals surface area contributed by atoms with Crippen molar-refractivity contribution in [2.75, 3.05) is 0 Å². The molecular formula is C10H12O. The normalized spacial score (nSPS) is 52.7. The lowest BCUT2D eigenvalue weighted by molar-refractivity contribution is -0.139. The minimum atomic E-state index is 0.417. The molecule has 0 heterocycles. The van der Waals surface area contributed by atoms with E-state index in [-0.39, 0.29) is 0 Å². The second-order valence-electron chi connectivity index (χ2n) is 4.24. The molecule has 3 aliphatic rings. The van der Waals surface area contributed by atoms with Gasteiger partial charge in [-0.25, -0.2) is 0 Å². The third-order valence-corrected chi connectivity index (χ3v) is 3.92. The van der Waals surface area contributed by atoms with E-state index in [9.17, 15) is 4.79 Å². The summed E-state index contributed by atoms with van der Waals surface area (Å²) in [4.78, 5) is 11.4. The topological polar surface area (TPSA) is 17.1 Å². The first-order valence-electron chi connectivity index (χ1n) is 4.50. The van der Waals surface area contributed by atoms with Gasteiger partial charge in [0.25, 0.3) is 0 Å². The molecule has 0 aromatic rings. The SMILES string of the molecule is C=C1C[C@H]2C(=O)[C@H]3CC[C@@H]1[C@H]32. The van der Waals surface area contributed by atoms with Gasteiger partial charge < -0.3 is 0 Å². The average Bonchev–Trinajstić information content (AvgIpc) is 2.48. The Bertz CT molecular complexity index is 252. The molecular weight excluding hydrogens is 136 g/mol. The first-order chi connectivity index (χ1) is 5.29. The summed E-state index contributed by atoms with van der Waals surface area (Å²) in [6.07, 6.45) is 3.42. The highest BCUT2D eigenvalue weighted by Gasteiger charge is 2.60. The first-order valence-corrected chi connectivity index (χ1v) is 4.50. The van der Waals surface area contributed by atoms with E-state index in [1.165, 1.54) is 12.0 Å². The highest BCUT2D eigenvalue weighted by Crippen LogP contribution is 2.61. The number of hydrogen-bond donors (Lipinski definition) is 0. The summed E-state index contributed by atoms with van der Waals surface area (Å²) in [6.45, 7) is 4.06. The Hall–Kier alpha value is -0.590. The number of rotatable bonds is 0. The quantitative estimate of drug-likeness (QED) is 0.479. The summed E-state index contributed by atoms with van der Waals surface area (Å²) >= 11 is 0. The van der Waals surface area contributed by atoms with Gasteiger partial charge in [-0.2, -0.15) is 0 Å². The van der Waals surface area contributed by atoms with Crippen molar-refractivity contribution in [3.8, 4) is 0 Å². The van der Waals surface area contributed by atoms with Crippen LogP contribution in [0.2, 0.25) is 0 Å². The number of allylic oxidation sites excluding steroid dienone is 1. The Balaban J connectivity index is 2.04. The maximum atomic E-state index is 11.4. The molecule has 0 amide bonds. The molecule has 58 valence electrons. The van der Waals surface area contributed by atoms with Gasteiger partial charge in [-0.05, 0) is 31.1 Å². The van der Waals surface area contributed by atoms with E-state index in [4.69, 9.17) is 0 Å². The zero-order valence-electron chi connectivity index (χ0n) is 6.55. The van der Waals surface area contributed by atoms with Crippen LogP contribution in [0.3, 0.4) is 0 Å². The summed E-state index contributed by atoms with van der Waals surface area (Å²) < 4.78 is 0. The van der Waals surface area contributed by atoms with Gasteiger partial charge in [-0.1, -0.05) is 12.2 Å². The Labute approximate surface area is 66.5 Å². The molecule has 0 spiro atoms. The Morgan fingerprint density at radius 1 is 1.18 bits per heavy atom. The lowest BCUT2D eigenvalue weighted by Crippen LogP contribution is -2.42. The van der Waals surface area contributed by atoms with E-state index < -0.39 is 0 Å². The maximum Gasteiger partial charge on any atom is 0.140 e. The summed E-state index contributed by atoms with van der Waals surface area (Å²) in [6, 6.07) is 0. The lowest BCUT2D eigenvalue weighted by atomic mass is 9.66. The van der Waals surface area contributed by atoms with Crippen LogP contribution in [-0.4, -0.2) is 5.78 Å². The average molecular weight is 148 g/mol. The van der Waals surface area contributed by atoms with Crippen molar-refractivity contribution in [3.05, 3.63) is 12.2 Å². The third-order valence-electron chi connectivity index (χ3n) is 3.92. The molecule has 0 unspecified atom stereocenters. The van der Waals surface area contributed by atoms with Crippen LogP contribution >= 0.6 is 0 Å². The van der Waals surface area contributed by atoms with E-state index in [0.717, 1.165) is 24.7 Å². The molecule has 3 saturated carbocycles. The van der Waals surface area contributed by atoms with Gasteiger partial charge in [0, 0.05) is 11.8 Å². The number of carbonyl (C=O) groups is 1. The van der Waals surface area contributed by atoms with Crippen molar-refractivity contribution in [1.82, 2.24) is 0 Å². The van der Waals surface area contributed by atoms with Crippen molar-refractivity contribution in [2.24, 2.45) is 23.7 Å².